The van der Waals surface area contributed by atoms with Crippen LogP contribution in [0.2, 0.25) is 0 Å². The Kier molecular flexibility index (Phi) is 10.1. The van der Waals surface area contributed by atoms with Crippen LogP contribution in [0.4, 0.5) is 24.7 Å². The van der Waals surface area contributed by atoms with Gasteiger partial charge in [-0.2, -0.15) is 18.4 Å². The van der Waals surface area contributed by atoms with Crippen molar-refractivity contribution in [3.05, 3.63) is 60.2 Å². The number of aromatic nitrogens is 1. The van der Waals surface area contributed by atoms with Crippen LogP contribution in [0.15, 0.2) is 54.6 Å². The first kappa shape index (κ1) is 31.4. The van der Waals surface area contributed by atoms with E-state index in [1.54, 1.807) is 60.4 Å². The summed E-state index contributed by atoms with van der Waals surface area (Å²) in [6.07, 6.45) is -5.08. The number of nitriles is 1. The number of nitrogens with one attached hydrogen (secondary N) is 1. The van der Waals surface area contributed by atoms with E-state index in [9.17, 15) is 33.1 Å². The monoisotopic (exact) mass is 584 g/mol. The number of para-hydroxylation sites is 1. The molecule has 1 fully saturated rings. The highest BCUT2D eigenvalue weighted by atomic mass is 19.4. The molecule has 11 nitrogen and oxygen atoms in total. The van der Waals surface area contributed by atoms with Gasteiger partial charge in [0.2, 0.25) is 11.8 Å². The van der Waals surface area contributed by atoms with Gasteiger partial charge in [-0.15, -0.1) is 0 Å². The normalized spacial score (nSPS) is 13.4. The number of nitrogens with two attached hydrogens (primary N) is 1. The van der Waals surface area contributed by atoms with Crippen LogP contribution in [-0.4, -0.2) is 81.7 Å². The van der Waals surface area contributed by atoms with Crippen LogP contribution in [0.25, 0.3) is 22.4 Å². The van der Waals surface area contributed by atoms with Gasteiger partial charge in [0, 0.05) is 49.9 Å². The molecule has 0 unspecified atom stereocenters. The lowest BCUT2D eigenvalue weighted by atomic mass is 9.98. The fourth-order valence-corrected chi connectivity index (χ4v) is 4.13. The number of alkyl halides is 3. The molecule has 0 saturated carbocycles. The van der Waals surface area contributed by atoms with Gasteiger partial charge in [-0.1, -0.05) is 24.3 Å². The molecular weight excluding hydrogens is 557 g/mol. The number of carbonyl (C=O) groups is 3. The van der Waals surface area contributed by atoms with Crippen LogP contribution < -0.4 is 11.1 Å². The molecule has 2 amide bonds. The summed E-state index contributed by atoms with van der Waals surface area (Å²) in [5.41, 5.74) is 9.06. The van der Waals surface area contributed by atoms with Crippen LogP contribution in [-0.2, 0) is 14.4 Å². The molecule has 3 aromatic rings. The third-order valence-corrected chi connectivity index (χ3v) is 6.22. The summed E-state index contributed by atoms with van der Waals surface area (Å²) < 4.78 is 31.7. The molecule has 2 aromatic carbocycles. The summed E-state index contributed by atoms with van der Waals surface area (Å²) in [5, 5.41) is 30.0. The number of hydrogen-bond donors (Lipinski definition) is 4. The first-order valence-electron chi connectivity index (χ1n) is 12.5. The van der Waals surface area contributed by atoms with Crippen LogP contribution >= 0.6 is 0 Å². The molecule has 0 spiro atoms. The van der Waals surface area contributed by atoms with Gasteiger partial charge in [0.25, 0.3) is 0 Å². The summed E-state index contributed by atoms with van der Waals surface area (Å²) in [5.74, 6) is -2.76. The number of amides is 2. The molecule has 0 bridgehead atoms. The first-order valence-corrected chi connectivity index (χ1v) is 12.5. The lowest BCUT2D eigenvalue weighted by Crippen LogP contribution is -2.49. The third-order valence-electron chi connectivity index (χ3n) is 6.22. The molecule has 2 heterocycles. The Labute approximate surface area is 238 Å². The fraction of sp³-hybridized carbons (Fsp3) is 0.250. The predicted octanol–water partition coefficient (Wildman–Crippen LogP) is 3.31. The number of carboxylic acid groups (broad SMARTS) is 1. The van der Waals surface area contributed by atoms with Gasteiger partial charge in [0.1, 0.15) is 23.2 Å². The first-order chi connectivity index (χ1) is 19.8. The molecule has 0 atom stereocenters. The van der Waals surface area contributed by atoms with Crippen molar-refractivity contribution in [1.29, 1.82) is 5.26 Å². The van der Waals surface area contributed by atoms with Gasteiger partial charge in [-0.25, -0.2) is 9.78 Å². The number of nitrogen functional groups attached to an aromatic ring is 1. The molecule has 42 heavy (non-hydrogen) atoms. The molecule has 1 saturated heterocycles. The zero-order chi connectivity index (χ0) is 31.0. The quantitative estimate of drug-likeness (QED) is 0.351. The van der Waals surface area contributed by atoms with Gasteiger partial charge in [-0.05, 0) is 35.9 Å². The van der Waals surface area contributed by atoms with Crippen molar-refractivity contribution in [1.82, 2.24) is 14.8 Å². The standard InChI is InChI=1S/C26H26N6O3.C2HF3O2/c1-17(33)32-11-9-31(10-12-32)16-25(35)29-19-6-4-5-18(13-19)21-14-23(30-26(28)22(21)15-27)20-7-2-3-8-24(20)34;3-2(4,5)1(6)7/h2-8,13-14,34H,9-12,16H2,1H3,(H2,28,30)(H,29,35);(H,6,7). The predicted molar refractivity (Wildman–Crippen MR) is 147 cm³/mol. The lowest BCUT2D eigenvalue weighted by molar-refractivity contribution is -0.192. The highest BCUT2D eigenvalue weighted by molar-refractivity contribution is 5.93. The van der Waals surface area contributed by atoms with Crippen molar-refractivity contribution < 1.29 is 37.8 Å². The van der Waals surface area contributed by atoms with Crippen LogP contribution in [0, 0.1) is 11.3 Å². The number of anilines is 2. The van der Waals surface area contributed by atoms with E-state index in [4.69, 9.17) is 15.6 Å². The molecule has 14 heteroatoms. The van der Waals surface area contributed by atoms with Crippen LogP contribution in [0.5, 0.6) is 5.75 Å². The number of pyridine rings is 1. The zero-order valence-electron chi connectivity index (χ0n) is 22.4. The minimum Gasteiger partial charge on any atom is -0.507 e. The number of hydrogen-bond acceptors (Lipinski definition) is 8. The minimum atomic E-state index is -5.08. The Morgan fingerprint density at radius 3 is 2.26 bits per heavy atom. The molecule has 5 N–H and O–H groups in total. The third kappa shape index (κ3) is 8.18. The fourth-order valence-electron chi connectivity index (χ4n) is 4.13. The maximum Gasteiger partial charge on any atom is 0.490 e. The highest BCUT2D eigenvalue weighted by Gasteiger charge is 2.38. The second-order valence-corrected chi connectivity index (χ2v) is 9.16. The van der Waals surface area contributed by atoms with E-state index in [-0.39, 0.29) is 35.5 Å². The Morgan fingerprint density at radius 2 is 1.69 bits per heavy atom. The van der Waals surface area contributed by atoms with Crippen LogP contribution in [0.1, 0.15) is 12.5 Å². The number of carbonyl (C=O) groups excluding carboxylic acids is 2. The largest absolute Gasteiger partial charge is 0.507 e. The van der Waals surface area contributed by atoms with Gasteiger partial charge in [0.15, 0.2) is 0 Å². The Bertz CT molecular complexity index is 1510. The summed E-state index contributed by atoms with van der Waals surface area (Å²) in [4.78, 5) is 41.1. The summed E-state index contributed by atoms with van der Waals surface area (Å²) in [6.45, 7) is 4.28. The van der Waals surface area contributed by atoms with E-state index in [1.807, 2.05) is 11.0 Å². The maximum atomic E-state index is 12.7. The number of nitrogens with zero attached hydrogens (tertiary/aromatic N) is 4. The molecular formula is C28H27F3N6O5. The zero-order valence-corrected chi connectivity index (χ0v) is 22.4. The van der Waals surface area contributed by atoms with E-state index < -0.39 is 12.1 Å². The van der Waals surface area contributed by atoms with Crippen molar-refractivity contribution in [3.8, 4) is 34.2 Å². The topological polar surface area (TPSA) is 173 Å². The molecule has 1 aliphatic rings. The molecule has 220 valence electrons. The Morgan fingerprint density at radius 1 is 1.05 bits per heavy atom. The van der Waals surface area contributed by atoms with Crippen molar-refractivity contribution in [3.63, 3.8) is 0 Å². The number of rotatable bonds is 5. The van der Waals surface area contributed by atoms with Crippen LogP contribution in [0.3, 0.4) is 0 Å². The van der Waals surface area contributed by atoms with Crippen molar-refractivity contribution in [2.24, 2.45) is 0 Å². The minimum absolute atomic E-state index is 0.0463. The molecule has 0 aliphatic carbocycles. The SMILES string of the molecule is CC(=O)N1CCN(CC(=O)Nc2cccc(-c3cc(-c4ccccc4O)nc(N)c3C#N)c2)CC1.O=C(O)C(F)(F)F. The smallest absolute Gasteiger partial charge is 0.490 e. The van der Waals surface area contributed by atoms with E-state index >= 15 is 0 Å². The van der Waals surface area contributed by atoms with Gasteiger partial charge in [-0.3, -0.25) is 14.5 Å². The second-order valence-electron chi connectivity index (χ2n) is 9.16. The average molecular weight is 585 g/mol. The number of piperazine rings is 1. The maximum absolute atomic E-state index is 12.7. The van der Waals surface area contributed by atoms with Gasteiger partial charge < -0.3 is 26.2 Å². The number of halogens is 3. The summed E-state index contributed by atoms with van der Waals surface area (Å²) in [7, 11) is 0. The number of benzene rings is 2. The number of aliphatic carboxylic acids is 1. The van der Waals surface area contributed by atoms with E-state index in [0.29, 0.717) is 54.3 Å². The van der Waals surface area contributed by atoms with Crippen molar-refractivity contribution >= 4 is 29.3 Å². The number of carboxylic acids is 1. The van der Waals surface area contributed by atoms with E-state index in [1.165, 1.54) is 0 Å². The Hall–Kier alpha value is -5.16. The molecule has 0 radical (unpaired) electrons. The van der Waals surface area contributed by atoms with E-state index in [2.05, 4.69) is 16.4 Å². The molecule has 1 aromatic heterocycles. The number of phenols is 1. The van der Waals surface area contributed by atoms with E-state index in [0.717, 1.165) is 0 Å². The average Bonchev–Trinajstić information content (AvgIpc) is 2.93. The summed E-state index contributed by atoms with van der Waals surface area (Å²) >= 11 is 0. The van der Waals surface area contributed by atoms with Crippen molar-refractivity contribution in [2.45, 2.75) is 13.1 Å². The molecule has 4 rings (SSSR count). The lowest BCUT2D eigenvalue weighted by Gasteiger charge is -2.33. The summed E-state index contributed by atoms with van der Waals surface area (Å²) in [6, 6.07) is 17.7. The molecule has 1 aliphatic heterocycles. The van der Waals surface area contributed by atoms with Gasteiger partial charge >= 0.3 is 12.1 Å². The highest BCUT2D eigenvalue weighted by Crippen LogP contribution is 2.35. The number of phenolic OH excluding ortho intramolecular Hbond substituents is 1. The van der Waals surface area contributed by atoms with Gasteiger partial charge in [0.05, 0.1) is 12.2 Å². The Balaban J connectivity index is 0.000000616. The van der Waals surface area contributed by atoms with Crippen molar-refractivity contribution in [2.75, 3.05) is 43.8 Å². The second kappa shape index (κ2) is 13.5. The number of aromatic hydroxyl groups is 1.